The first-order valence-electron chi connectivity index (χ1n) is 16.1. The Morgan fingerprint density at radius 3 is 2.15 bits per heavy atom. The molecule has 2 amide bonds. The fourth-order valence-corrected chi connectivity index (χ4v) is 7.10. The van der Waals surface area contributed by atoms with Crippen LogP contribution in [0.1, 0.15) is 43.9 Å². The molecule has 2 atom stereocenters. The predicted octanol–water partition coefficient (Wildman–Crippen LogP) is 6.87. The number of rotatable bonds is 16. The molecule has 0 aliphatic rings. The van der Waals surface area contributed by atoms with E-state index < -0.39 is 28.5 Å². The van der Waals surface area contributed by atoms with Crippen LogP contribution in [0, 0.1) is 6.92 Å². The van der Waals surface area contributed by atoms with Gasteiger partial charge in [0.15, 0.2) is 0 Å². The summed E-state index contributed by atoms with van der Waals surface area (Å²) in [5.41, 5.74) is 3.03. The first-order chi connectivity index (χ1) is 23.0. The van der Waals surface area contributed by atoms with E-state index in [1.54, 1.807) is 48.5 Å². The Kier molecular flexibility index (Phi) is 13.1. The standard InChI is InChI=1S/C38H45N3O5S2/c1-6-29(4)39-38(43)36(25-30-13-9-8-10-14-30)40(26-31-15-11-12-28(3)24-31)37(42)27-41(32-16-18-33(19-17-32)46-7-2)48(44,45)35-22-20-34(47-5)21-23-35/h8-24,29,36H,6-7,25-27H2,1-5H3,(H,39,43)/t29-,36+/m1/s1. The third-order valence-electron chi connectivity index (χ3n) is 8.07. The largest absolute Gasteiger partial charge is 0.494 e. The maximum absolute atomic E-state index is 14.7. The second kappa shape index (κ2) is 17.2. The predicted molar refractivity (Wildman–Crippen MR) is 194 cm³/mol. The Balaban J connectivity index is 1.81. The molecule has 48 heavy (non-hydrogen) atoms. The van der Waals surface area contributed by atoms with Gasteiger partial charge in [-0.3, -0.25) is 13.9 Å². The molecular weight excluding hydrogens is 643 g/mol. The summed E-state index contributed by atoms with van der Waals surface area (Å²) < 4.78 is 35.4. The van der Waals surface area contributed by atoms with Gasteiger partial charge in [-0.1, -0.05) is 67.1 Å². The monoisotopic (exact) mass is 687 g/mol. The van der Waals surface area contributed by atoms with E-state index >= 15 is 0 Å². The molecular formula is C38H45N3O5S2. The number of carbonyl (C=O) groups excluding carboxylic acids is 2. The minimum Gasteiger partial charge on any atom is -0.494 e. The van der Waals surface area contributed by atoms with E-state index in [4.69, 9.17) is 4.74 Å². The number of thioether (sulfide) groups is 1. The van der Waals surface area contributed by atoms with E-state index in [1.807, 2.05) is 88.5 Å². The first kappa shape index (κ1) is 36.6. The molecule has 0 saturated carbocycles. The van der Waals surface area contributed by atoms with Gasteiger partial charge in [-0.25, -0.2) is 8.42 Å². The van der Waals surface area contributed by atoms with Gasteiger partial charge < -0.3 is 15.0 Å². The van der Waals surface area contributed by atoms with E-state index in [9.17, 15) is 18.0 Å². The molecule has 0 aliphatic carbocycles. The topological polar surface area (TPSA) is 96.0 Å². The highest BCUT2D eigenvalue weighted by atomic mass is 32.2. The number of hydrogen-bond donors (Lipinski definition) is 1. The Morgan fingerprint density at radius 1 is 0.875 bits per heavy atom. The summed E-state index contributed by atoms with van der Waals surface area (Å²) in [5.74, 6) is -0.216. The van der Waals surface area contributed by atoms with Crippen LogP contribution in [0.4, 0.5) is 5.69 Å². The van der Waals surface area contributed by atoms with E-state index in [-0.39, 0.29) is 29.8 Å². The molecule has 254 valence electrons. The number of ether oxygens (including phenoxy) is 1. The van der Waals surface area contributed by atoms with Crippen molar-refractivity contribution in [2.45, 2.75) is 69.0 Å². The lowest BCUT2D eigenvalue weighted by Crippen LogP contribution is -2.54. The second-order valence-electron chi connectivity index (χ2n) is 11.6. The molecule has 0 saturated heterocycles. The molecule has 4 aromatic rings. The molecule has 4 aromatic carbocycles. The number of benzene rings is 4. The molecule has 4 rings (SSSR count). The Bertz CT molecular complexity index is 1750. The number of sulfonamides is 1. The molecule has 10 heteroatoms. The van der Waals surface area contributed by atoms with Gasteiger partial charge in [0.05, 0.1) is 17.2 Å². The van der Waals surface area contributed by atoms with Crippen LogP contribution in [0.3, 0.4) is 0 Å². The fourth-order valence-electron chi connectivity index (χ4n) is 5.28. The van der Waals surface area contributed by atoms with Crippen molar-refractivity contribution >= 4 is 39.3 Å². The summed E-state index contributed by atoms with van der Waals surface area (Å²) in [6.45, 7) is 7.80. The number of nitrogens with zero attached hydrogens (tertiary/aromatic N) is 2. The first-order valence-corrected chi connectivity index (χ1v) is 18.8. The van der Waals surface area contributed by atoms with Crippen molar-refractivity contribution in [2.24, 2.45) is 0 Å². The van der Waals surface area contributed by atoms with Crippen LogP contribution in [0.5, 0.6) is 5.75 Å². The van der Waals surface area contributed by atoms with Crippen molar-refractivity contribution in [3.8, 4) is 5.75 Å². The zero-order valence-corrected chi connectivity index (χ0v) is 29.9. The summed E-state index contributed by atoms with van der Waals surface area (Å²) in [6, 6.07) is 29.5. The van der Waals surface area contributed by atoms with Crippen molar-refractivity contribution in [2.75, 3.05) is 23.7 Å². The van der Waals surface area contributed by atoms with Crippen molar-refractivity contribution < 1.29 is 22.7 Å². The van der Waals surface area contributed by atoms with E-state index in [0.717, 1.165) is 25.9 Å². The summed E-state index contributed by atoms with van der Waals surface area (Å²) in [5, 5.41) is 3.07. The van der Waals surface area contributed by atoms with Gasteiger partial charge in [0, 0.05) is 23.9 Å². The highest BCUT2D eigenvalue weighted by Crippen LogP contribution is 2.28. The summed E-state index contributed by atoms with van der Waals surface area (Å²) in [4.78, 5) is 31.2. The molecule has 0 aromatic heterocycles. The van der Waals surface area contributed by atoms with Crippen molar-refractivity contribution in [3.05, 3.63) is 120 Å². The number of anilines is 1. The summed E-state index contributed by atoms with van der Waals surface area (Å²) >= 11 is 1.51. The number of nitrogens with one attached hydrogen (secondary N) is 1. The Labute approximate surface area is 289 Å². The van der Waals surface area contributed by atoms with Gasteiger partial charge in [-0.05, 0) is 93.1 Å². The normalized spacial score (nSPS) is 12.5. The highest BCUT2D eigenvalue weighted by molar-refractivity contribution is 7.98. The third kappa shape index (κ3) is 9.64. The SMILES string of the molecule is CCOc1ccc(N(CC(=O)N(Cc2cccc(C)c2)[C@@H](Cc2ccccc2)C(=O)N[C@H](C)CC)S(=O)(=O)c2ccc(SC)cc2)cc1. The molecule has 0 bridgehead atoms. The second-order valence-corrected chi connectivity index (χ2v) is 14.4. The number of carbonyl (C=O) groups is 2. The zero-order chi connectivity index (χ0) is 34.7. The maximum atomic E-state index is 14.7. The molecule has 0 fully saturated rings. The quantitative estimate of drug-likeness (QED) is 0.129. The lowest BCUT2D eigenvalue weighted by Gasteiger charge is -2.34. The van der Waals surface area contributed by atoms with Crippen LogP contribution in [-0.2, 0) is 32.6 Å². The third-order valence-corrected chi connectivity index (χ3v) is 10.6. The molecule has 0 aliphatic heterocycles. The smallest absolute Gasteiger partial charge is 0.264 e. The van der Waals surface area contributed by atoms with Crippen LogP contribution in [0.15, 0.2) is 113 Å². The van der Waals surface area contributed by atoms with Crippen LogP contribution in [-0.4, -0.2) is 56.6 Å². The van der Waals surface area contributed by atoms with Gasteiger partial charge in [-0.2, -0.15) is 0 Å². The molecule has 1 N–H and O–H groups in total. The van der Waals surface area contributed by atoms with E-state index in [1.165, 1.54) is 16.7 Å². The van der Waals surface area contributed by atoms with Gasteiger partial charge in [0.1, 0.15) is 18.3 Å². The lowest BCUT2D eigenvalue weighted by atomic mass is 10.0. The van der Waals surface area contributed by atoms with Crippen molar-refractivity contribution in [3.63, 3.8) is 0 Å². The van der Waals surface area contributed by atoms with Gasteiger partial charge in [-0.15, -0.1) is 11.8 Å². The summed E-state index contributed by atoms with van der Waals surface area (Å²) in [6.07, 6.45) is 2.89. The summed E-state index contributed by atoms with van der Waals surface area (Å²) in [7, 11) is -4.20. The van der Waals surface area contributed by atoms with Gasteiger partial charge in [0.25, 0.3) is 10.0 Å². The van der Waals surface area contributed by atoms with Crippen molar-refractivity contribution in [1.82, 2.24) is 10.2 Å². The van der Waals surface area contributed by atoms with E-state index in [2.05, 4.69) is 5.32 Å². The zero-order valence-electron chi connectivity index (χ0n) is 28.3. The average molecular weight is 688 g/mol. The van der Waals surface area contributed by atoms with Crippen LogP contribution in [0.2, 0.25) is 0 Å². The number of aryl methyl sites for hydroxylation is 1. The van der Waals surface area contributed by atoms with Gasteiger partial charge in [0.2, 0.25) is 11.8 Å². The minimum absolute atomic E-state index is 0.0579. The maximum Gasteiger partial charge on any atom is 0.264 e. The molecule has 8 nitrogen and oxygen atoms in total. The van der Waals surface area contributed by atoms with Crippen LogP contribution < -0.4 is 14.4 Å². The van der Waals surface area contributed by atoms with Crippen LogP contribution in [0.25, 0.3) is 0 Å². The van der Waals surface area contributed by atoms with Crippen LogP contribution >= 0.6 is 11.8 Å². The minimum atomic E-state index is -4.20. The highest BCUT2D eigenvalue weighted by Gasteiger charge is 2.35. The average Bonchev–Trinajstić information content (AvgIpc) is 3.09. The number of hydrogen-bond acceptors (Lipinski definition) is 6. The fraction of sp³-hybridized carbons (Fsp3) is 0.316. The van der Waals surface area contributed by atoms with Gasteiger partial charge >= 0.3 is 0 Å². The number of amides is 2. The Morgan fingerprint density at radius 2 is 1.54 bits per heavy atom. The lowest BCUT2D eigenvalue weighted by molar-refractivity contribution is -0.140. The van der Waals surface area contributed by atoms with E-state index in [0.29, 0.717) is 24.5 Å². The Hall–Kier alpha value is -4.28. The molecule has 0 spiro atoms. The molecule has 0 heterocycles. The molecule has 0 radical (unpaired) electrons. The van der Waals surface area contributed by atoms with Crippen molar-refractivity contribution in [1.29, 1.82) is 0 Å². The molecule has 0 unspecified atom stereocenters.